The van der Waals surface area contributed by atoms with Crippen LogP contribution in [0.4, 0.5) is 5.69 Å². The molecule has 1 aromatic rings. The van der Waals surface area contributed by atoms with Gasteiger partial charge in [0.2, 0.25) is 0 Å². The Labute approximate surface area is 84.9 Å². The summed E-state index contributed by atoms with van der Waals surface area (Å²) in [5, 5.41) is 0. The Bertz CT molecular complexity index is 286. The molecular weight excluding hydrogens is 174 g/mol. The van der Waals surface area contributed by atoms with Crippen LogP contribution in [0.3, 0.4) is 0 Å². The van der Waals surface area contributed by atoms with E-state index in [9.17, 15) is 0 Å². The molecule has 0 spiro atoms. The molecule has 1 aliphatic heterocycles. The summed E-state index contributed by atoms with van der Waals surface area (Å²) in [7, 11) is 2.17. The first-order valence-corrected chi connectivity index (χ1v) is 5.15. The molecule has 14 heavy (non-hydrogen) atoms. The van der Waals surface area contributed by atoms with Crippen LogP contribution in [0.15, 0.2) is 18.3 Å². The molecule has 1 aliphatic rings. The Morgan fingerprint density at radius 2 is 2.07 bits per heavy atom. The largest absolute Gasteiger partial charge is 0.397 e. The molecule has 2 N–H and O–H groups in total. The number of nitrogen functional groups attached to an aromatic ring is 1. The van der Waals surface area contributed by atoms with E-state index in [1.165, 1.54) is 31.6 Å². The van der Waals surface area contributed by atoms with Crippen molar-refractivity contribution in [3.63, 3.8) is 0 Å². The number of piperidine rings is 1. The minimum Gasteiger partial charge on any atom is -0.397 e. The second-order valence-corrected chi connectivity index (χ2v) is 4.09. The highest BCUT2D eigenvalue weighted by Crippen LogP contribution is 2.25. The van der Waals surface area contributed by atoms with Crippen molar-refractivity contribution in [2.75, 3.05) is 25.9 Å². The van der Waals surface area contributed by atoms with E-state index in [2.05, 4.69) is 23.0 Å². The number of pyridine rings is 1. The number of aromatic nitrogens is 1. The molecule has 0 radical (unpaired) electrons. The Morgan fingerprint density at radius 1 is 1.36 bits per heavy atom. The van der Waals surface area contributed by atoms with E-state index in [0.29, 0.717) is 5.92 Å². The van der Waals surface area contributed by atoms with Crippen LogP contribution < -0.4 is 5.73 Å². The third-order valence-corrected chi connectivity index (χ3v) is 2.95. The lowest BCUT2D eigenvalue weighted by atomic mass is 9.93. The molecule has 1 saturated heterocycles. The molecule has 1 aromatic heterocycles. The standard InChI is InChI=1S/C11H17N3/c1-14-6-4-9(5-7-14)11-3-2-10(12)8-13-11/h2-3,8-9H,4-7,12H2,1H3. The van der Waals surface area contributed by atoms with Crippen LogP contribution in [-0.4, -0.2) is 30.0 Å². The van der Waals surface area contributed by atoms with E-state index in [4.69, 9.17) is 5.73 Å². The summed E-state index contributed by atoms with van der Waals surface area (Å²) in [6.45, 7) is 2.35. The van der Waals surface area contributed by atoms with Gasteiger partial charge in [-0.1, -0.05) is 0 Å². The zero-order valence-electron chi connectivity index (χ0n) is 8.61. The number of hydrogen-bond donors (Lipinski definition) is 1. The van der Waals surface area contributed by atoms with Gasteiger partial charge in [0.15, 0.2) is 0 Å². The fraction of sp³-hybridized carbons (Fsp3) is 0.545. The van der Waals surface area contributed by atoms with Gasteiger partial charge in [-0.2, -0.15) is 0 Å². The molecule has 3 nitrogen and oxygen atoms in total. The Kier molecular flexibility index (Phi) is 2.68. The van der Waals surface area contributed by atoms with Gasteiger partial charge in [0, 0.05) is 11.6 Å². The molecule has 0 bridgehead atoms. The normalized spacial score (nSPS) is 19.8. The maximum Gasteiger partial charge on any atom is 0.0501 e. The number of nitrogens with zero attached hydrogens (tertiary/aromatic N) is 2. The SMILES string of the molecule is CN1CCC(c2ccc(N)cn2)CC1. The van der Waals surface area contributed by atoms with Crippen molar-refractivity contribution in [1.82, 2.24) is 9.88 Å². The second kappa shape index (κ2) is 3.96. The third kappa shape index (κ3) is 2.04. The maximum atomic E-state index is 5.61. The molecule has 0 aromatic carbocycles. The smallest absolute Gasteiger partial charge is 0.0501 e. The monoisotopic (exact) mass is 191 g/mol. The van der Waals surface area contributed by atoms with Crippen molar-refractivity contribution in [1.29, 1.82) is 0 Å². The lowest BCUT2D eigenvalue weighted by Gasteiger charge is -2.28. The topological polar surface area (TPSA) is 42.1 Å². The van der Waals surface area contributed by atoms with Crippen LogP contribution in [0.1, 0.15) is 24.5 Å². The van der Waals surface area contributed by atoms with Gasteiger partial charge in [0.25, 0.3) is 0 Å². The molecule has 0 aliphatic carbocycles. The van der Waals surface area contributed by atoms with Gasteiger partial charge in [-0.3, -0.25) is 4.98 Å². The molecule has 3 heteroatoms. The first-order chi connectivity index (χ1) is 6.75. The van der Waals surface area contributed by atoms with E-state index in [1.807, 2.05) is 6.07 Å². The summed E-state index contributed by atoms with van der Waals surface area (Å²) < 4.78 is 0. The number of nitrogens with two attached hydrogens (primary N) is 1. The highest BCUT2D eigenvalue weighted by molar-refractivity contribution is 5.35. The maximum absolute atomic E-state index is 5.61. The van der Waals surface area contributed by atoms with Crippen molar-refractivity contribution < 1.29 is 0 Å². The Balaban J connectivity index is 2.05. The van der Waals surface area contributed by atoms with Gasteiger partial charge in [-0.05, 0) is 45.1 Å². The van der Waals surface area contributed by atoms with Crippen molar-refractivity contribution in [3.8, 4) is 0 Å². The highest BCUT2D eigenvalue weighted by atomic mass is 15.1. The van der Waals surface area contributed by atoms with E-state index < -0.39 is 0 Å². The average Bonchev–Trinajstić information content (AvgIpc) is 2.21. The number of rotatable bonds is 1. The third-order valence-electron chi connectivity index (χ3n) is 2.95. The van der Waals surface area contributed by atoms with Gasteiger partial charge in [-0.25, -0.2) is 0 Å². The quantitative estimate of drug-likeness (QED) is 0.731. The van der Waals surface area contributed by atoms with Crippen LogP contribution in [0.25, 0.3) is 0 Å². The molecule has 0 saturated carbocycles. The summed E-state index contributed by atoms with van der Waals surface area (Å²) in [5.74, 6) is 0.631. The van der Waals surface area contributed by atoms with Crippen molar-refractivity contribution in [3.05, 3.63) is 24.0 Å². The minimum atomic E-state index is 0.631. The van der Waals surface area contributed by atoms with Crippen LogP contribution in [-0.2, 0) is 0 Å². The van der Waals surface area contributed by atoms with Gasteiger partial charge in [-0.15, -0.1) is 0 Å². The van der Waals surface area contributed by atoms with Gasteiger partial charge < -0.3 is 10.6 Å². The van der Waals surface area contributed by atoms with Crippen LogP contribution in [0, 0.1) is 0 Å². The fourth-order valence-corrected chi connectivity index (χ4v) is 1.96. The summed E-state index contributed by atoms with van der Waals surface area (Å²) in [6, 6.07) is 4.01. The summed E-state index contributed by atoms with van der Waals surface area (Å²) in [5.41, 5.74) is 7.56. The Hall–Kier alpha value is -1.09. The molecule has 2 heterocycles. The first kappa shape index (κ1) is 9.46. The lowest BCUT2D eigenvalue weighted by molar-refractivity contribution is 0.253. The van der Waals surface area contributed by atoms with Crippen molar-refractivity contribution in [2.45, 2.75) is 18.8 Å². The van der Waals surface area contributed by atoms with Gasteiger partial charge >= 0.3 is 0 Å². The van der Waals surface area contributed by atoms with Crippen LogP contribution >= 0.6 is 0 Å². The minimum absolute atomic E-state index is 0.631. The molecule has 76 valence electrons. The number of likely N-dealkylation sites (tertiary alicyclic amines) is 1. The van der Waals surface area contributed by atoms with Gasteiger partial charge in [0.05, 0.1) is 11.9 Å². The molecular formula is C11H17N3. The first-order valence-electron chi connectivity index (χ1n) is 5.15. The highest BCUT2D eigenvalue weighted by Gasteiger charge is 2.18. The van der Waals surface area contributed by atoms with Crippen molar-refractivity contribution >= 4 is 5.69 Å². The summed E-state index contributed by atoms with van der Waals surface area (Å²) in [6.07, 6.45) is 4.19. The lowest BCUT2D eigenvalue weighted by Crippen LogP contribution is -2.29. The van der Waals surface area contributed by atoms with E-state index in [0.717, 1.165) is 5.69 Å². The summed E-state index contributed by atoms with van der Waals surface area (Å²) >= 11 is 0. The Morgan fingerprint density at radius 3 is 2.64 bits per heavy atom. The predicted octanol–water partition coefficient (Wildman–Crippen LogP) is 1.47. The molecule has 0 atom stereocenters. The van der Waals surface area contributed by atoms with E-state index in [1.54, 1.807) is 6.20 Å². The fourth-order valence-electron chi connectivity index (χ4n) is 1.96. The van der Waals surface area contributed by atoms with Crippen LogP contribution in [0.2, 0.25) is 0 Å². The second-order valence-electron chi connectivity index (χ2n) is 4.09. The average molecular weight is 191 g/mol. The van der Waals surface area contributed by atoms with Crippen LogP contribution in [0.5, 0.6) is 0 Å². The molecule has 1 fully saturated rings. The van der Waals surface area contributed by atoms with Crippen molar-refractivity contribution in [2.24, 2.45) is 0 Å². The molecule has 2 rings (SSSR count). The summed E-state index contributed by atoms with van der Waals surface area (Å²) in [4.78, 5) is 6.75. The molecule has 0 amide bonds. The number of hydrogen-bond acceptors (Lipinski definition) is 3. The predicted molar refractivity (Wildman–Crippen MR) is 58.1 cm³/mol. The zero-order chi connectivity index (χ0) is 9.97. The number of anilines is 1. The van der Waals surface area contributed by atoms with E-state index >= 15 is 0 Å². The zero-order valence-corrected chi connectivity index (χ0v) is 8.61. The van der Waals surface area contributed by atoms with Gasteiger partial charge in [0.1, 0.15) is 0 Å². The van der Waals surface area contributed by atoms with E-state index in [-0.39, 0.29) is 0 Å². The molecule has 0 unspecified atom stereocenters.